The Morgan fingerprint density at radius 1 is 1.35 bits per heavy atom. The minimum atomic E-state index is -0.349. The third kappa shape index (κ3) is 6.21. The van der Waals surface area contributed by atoms with Crippen molar-refractivity contribution in [2.45, 2.75) is 0 Å². The molecule has 0 aliphatic rings. The zero-order chi connectivity index (χ0) is 11.3. The van der Waals surface area contributed by atoms with Crippen molar-refractivity contribution in [2.75, 3.05) is 5.32 Å². The molecule has 0 bridgehead atoms. The Morgan fingerprint density at radius 3 is 2.29 bits per heavy atom. The van der Waals surface area contributed by atoms with Gasteiger partial charge in [0.1, 0.15) is 0 Å². The van der Waals surface area contributed by atoms with Gasteiger partial charge in [0.15, 0.2) is 0 Å². The molecule has 2 N–H and O–H groups in total. The van der Waals surface area contributed by atoms with Crippen LogP contribution >= 0.6 is 0 Å². The molecule has 0 aliphatic carbocycles. The van der Waals surface area contributed by atoms with Crippen LogP contribution in [0, 0.1) is 6.92 Å². The molecule has 0 aromatic heterocycles. The van der Waals surface area contributed by atoms with Crippen molar-refractivity contribution in [3.8, 4) is 0 Å². The third-order valence-electron chi connectivity index (χ3n) is 1.76. The average molecular weight is 474 g/mol. The summed E-state index contributed by atoms with van der Waals surface area (Å²) in [4.78, 5) is 10.5. The molecule has 0 atom stereocenters. The van der Waals surface area contributed by atoms with Crippen molar-refractivity contribution in [1.82, 2.24) is 0 Å². The summed E-state index contributed by atoms with van der Waals surface area (Å²) in [5, 5.41) is 11.9. The van der Waals surface area contributed by atoms with Crippen LogP contribution in [-0.4, -0.2) is 11.4 Å². The molecule has 0 unspecified atom stereocenters. The minimum absolute atomic E-state index is 0. The van der Waals surface area contributed by atoms with E-state index in [2.05, 4.69) is 18.8 Å². The smallest absolute Gasteiger partial charge is 0.0261 e. The van der Waals surface area contributed by atoms with E-state index >= 15 is 0 Å². The Morgan fingerprint density at radius 2 is 1.88 bits per heavy atom. The van der Waals surface area contributed by atoms with Crippen molar-refractivity contribution < 1.29 is 63.7 Å². The van der Waals surface area contributed by atoms with Gasteiger partial charge in [-0.25, -0.2) is 5.57 Å². The second kappa shape index (κ2) is 9.64. The Bertz CT molecular complexity index is 400. The number of benzene rings is 1. The topological polar surface area (TPSA) is 49.3 Å². The van der Waals surface area contributed by atoms with Crippen LogP contribution in [0.2, 0.25) is 0 Å². The van der Waals surface area contributed by atoms with E-state index in [1.165, 1.54) is 0 Å². The van der Waals surface area contributed by atoms with E-state index in [1.54, 1.807) is 6.29 Å². The summed E-state index contributed by atoms with van der Waals surface area (Å²) in [5.41, 5.74) is 0.985. The summed E-state index contributed by atoms with van der Waals surface area (Å²) in [6.45, 7) is 6.86. The van der Waals surface area contributed by atoms with Crippen molar-refractivity contribution in [3.05, 3.63) is 60.9 Å². The standard InChI is InChI=1S/C12H11NO2.W.Y/c1-9(12(8-14)10(2)15)13-11-6-4-3-5-7-11;;/h3-7,13,15H,1-2H2;;/q-2;;/b12-10-;;. The molecule has 0 amide bonds. The third-order valence-corrected chi connectivity index (χ3v) is 1.76. The van der Waals surface area contributed by atoms with Gasteiger partial charge in [0.25, 0.3) is 0 Å². The van der Waals surface area contributed by atoms with Crippen LogP contribution in [0.25, 0.3) is 0 Å². The van der Waals surface area contributed by atoms with E-state index in [-0.39, 0.29) is 70.8 Å². The number of allylic oxidation sites excluding steroid dienone is 2. The maximum atomic E-state index is 10.5. The molecule has 0 heterocycles. The van der Waals surface area contributed by atoms with E-state index in [0.717, 1.165) is 5.69 Å². The van der Waals surface area contributed by atoms with Gasteiger partial charge in [-0.3, -0.25) is 6.92 Å². The quantitative estimate of drug-likeness (QED) is 0.305. The first-order valence-corrected chi connectivity index (χ1v) is 4.30. The molecule has 0 fully saturated rings. The first-order chi connectivity index (χ1) is 7.15. The molecule has 87 valence electrons. The number of rotatable bonds is 4. The number of aliphatic hydroxyl groups is 1. The van der Waals surface area contributed by atoms with Crippen molar-refractivity contribution in [1.29, 1.82) is 0 Å². The summed E-state index contributed by atoms with van der Waals surface area (Å²) in [7, 11) is 0. The van der Waals surface area contributed by atoms with E-state index in [0.29, 0.717) is 0 Å². The minimum Gasteiger partial charge on any atom is -0.602 e. The van der Waals surface area contributed by atoms with E-state index in [9.17, 15) is 4.79 Å². The normalized spacial score (nSPS) is 10.1. The van der Waals surface area contributed by atoms with E-state index in [1.807, 2.05) is 30.3 Å². The van der Waals surface area contributed by atoms with E-state index in [4.69, 9.17) is 5.11 Å². The van der Waals surface area contributed by atoms with Crippen molar-refractivity contribution >= 4 is 12.0 Å². The fourth-order valence-electron chi connectivity index (χ4n) is 1.05. The predicted octanol–water partition coefficient (Wildman–Crippen LogP) is 2.36. The second-order valence-electron chi connectivity index (χ2n) is 2.89. The number of carbonyl (C=O) groups excluding carboxylic acids is 1. The first kappa shape index (κ1) is 19.0. The number of hydrogen-bond donors (Lipinski definition) is 2. The Kier molecular flexibility index (Phi) is 10.8. The molecular weight excluding hydrogens is 463 g/mol. The van der Waals surface area contributed by atoms with Gasteiger partial charge in [-0.05, 0) is 18.4 Å². The fraction of sp³-hybridized carbons (Fsp3) is 0. The van der Waals surface area contributed by atoms with Crippen LogP contribution in [0.3, 0.4) is 0 Å². The van der Waals surface area contributed by atoms with Gasteiger partial charge in [-0.2, -0.15) is 5.76 Å². The maximum absolute atomic E-state index is 10.5. The Hall–Kier alpha value is -0.368. The van der Waals surface area contributed by atoms with Crippen LogP contribution in [0.5, 0.6) is 0 Å². The molecule has 0 saturated heterocycles. The number of anilines is 1. The second-order valence-corrected chi connectivity index (χ2v) is 2.89. The predicted molar refractivity (Wildman–Crippen MR) is 59.9 cm³/mol. The molecule has 17 heavy (non-hydrogen) atoms. The molecular formula is C12H11NO2WY-2. The number of nitrogens with one attached hydrogen (secondary N) is 1. The van der Waals surface area contributed by atoms with Crippen molar-refractivity contribution in [2.24, 2.45) is 0 Å². The summed E-state index contributed by atoms with van der Waals surface area (Å²) >= 11 is 0. The van der Waals surface area contributed by atoms with Gasteiger partial charge in [-0.15, -0.1) is 12.3 Å². The molecule has 1 aromatic carbocycles. The maximum Gasteiger partial charge on any atom is 0.0261 e. The van der Waals surface area contributed by atoms with Crippen LogP contribution in [0.4, 0.5) is 5.69 Å². The van der Waals surface area contributed by atoms with Crippen LogP contribution < -0.4 is 5.32 Å². The summed E-state index contributed by atoms with van der Waals surface area (Å²) in [5.74, 6) is -0.349. The summed E-state index contributed by atoms with van der Waals surface area (Å²) in [6, 6.07) is 9.18. The molecule has 0 aliphatic heterocycles. The Labute approximate surface area is 141 Å². The molecule has 3 nitrogen and oxygen atoms in total. The molecule has 0 spiro atoms. The SMILES string of the molecule is C=C(Nc1ccccc1)/C([C-]=O)=C(/[CH2-])O.[W].[Y]. The van der Waals surface area contributed by atoms with Gasteiger partial charge in [0.2, 0.25) is 0 Å². The number of para-hydroxylation sites is 1. The van der Waals surface area contributed by atoms with Gasteiger partial charge in [0.05, 0.1) is 0 Å². The van der Waals surface area contributed by atoms with Gasteiger partial charge < -0.3 is 15.2 Å². The molecule has 5 heteroatoms. The van der Waals surface area contributed by atoms with Gasteiger partial charge in [0, 0.05) is 59.5 Å². The summed E-state index contributed by atoms with van der Waals surface area (Å²) < 4.78 is 0. The van der Waals surface area contributed by atoms with Gasteiger partial charge in [-0.1, -0.05) is 18.2 Å². The van der Waals surface area contributed by atoms with Crippen LogP contribution in [0.15, 0.2) is 53.9 Å². The molecule has 1 aromatic rings. The van der Waals surface area contributed by atoms with Crippen LogP contribution in [0.1, 0.15) is 0 Å². The first-order valence-electron chi connectivity index (χ1n) is 4.30. The van der Waals surface area contributed by atoms with Crippen molar-refractivity contribution in [3.63, 3.8) is 0 Å². The zero-order valence-electron chi connectivity index (χ0n) is 9.14. The molecule has 1 rings (SSSR count). The zero-order valence-corrected chi connectivity index (χ0v) is 14.9. The Balaban J connectivity index is 0. The van der Waals surface area contributed by atoms with Gasteiger partial charge >= 0.3 is 0 Å². The largest absolute Gasteiger partial charge is 0.602 e. The van der Waals surface area contributed by atoms with E-state index < -0.39 is 0 Å². The molecule has 1 radical (unpaired) electrons. The number of hydrogen-bond acceptors (Lipinski definition) is 3. The monoisotopic (exact) mass is 474 g/mol. The average Bonchev–Trinajstić information content (AvgIpc) is 2.19. The van der Waals surface area contributed by atoms with Crippen LogP contribution in [-0.2, 0) is 58.6 Å². The number of aliphatic hydroxyl groups excluding tert-OH is 1. The summed E-state index contributed by atoms with van der Waals surface area (Å²) in [6.07, 6.45) is 1.58. The fourth-order valence-corrected chi connectivity index (χ4v) is 1.05. The molecule has 0 saturated carbocycles.